The van der Waals surface area contributed by atoms with E-state index < -0.39 is 5.54 Å². The number of anilines is 1. The summed E-state index contributed by atoms with van der Waals surface area (Å²) in [6.07, 6.45) is 0. The van der Waals surface area contributed by atoms with Crippen molar-refractivity contribution in [1.29, 1.82) is 0 Å². The van der Waals surface area contributed by atoms with Crippen LogP contribution in [0.2, 0.25) is 0 Å². The van der Waals surface area contributed by atoms with Gasteiger partial charge < -0.3 is 15.2 Å². The van der Waals surface area contributed by atoms with E-state index in [-0.39, 0.29) is 11.8 Å². The Hall–Kier alpha value is -3.44. The van der Waals surface area contributed by atoms with Crippen LogP contribution >= 0.6 is 12.2 Å². The molecule has 30 heavy (non-hydrogen) atoms. The Labute approximate surface area is 179 Å². The first-order chi connectivity index (χ1) is 14.6. The number of rotatable bonds is 1. The SMILES string of the molecule is CN1C(=O)C2(NC(=S)c3[nH]c4ccccc4c3C2c2ccccc2)c2ccccc21. The molecule has 6 rings (SSSR count). The zero-order valence-corrected chi connectivity index (χ0v) is 17.2. The molecule has 0 saturated heterocycles. The van der Waals surface area contributed by atoms with Gasteiger partial charge in [-0.25, -0.2) is 0 Å². The fourth-order valence-corrected chi connectivity index (χ4v) is 5.55. The summed E-state index contributed by atoms with van der Waals surface area (Å²) < 4.78 is 0. The molecular formula is C25H19N3OS. The summed E-state index contributed by atoms with van der Waals surface area (Å²) >= 11 is 5.82. The molecule has 2 aliphatic heterocycles. The molecule has 4 nitrogen and oxygen atoms in total. The third-order valence-electron chi connectivity index (χ3n) is 6.47. The normalized spacial score (nSPS) is 22.3. The first kappa shape index (κ1) is 17.4. The van der Waals surface area contributed by atoms with Gasteiger partial charge in [0.15, 0.2) is 5.54 Å². The number of likely N-dealkylation sites (N-methyl/N-ethyl adjacent to an activating group) is 1. The number of carbonyl (C=O) groups is 1. The molecule has 146 valence electrons. The molecule has 1 aromatic heterocycles. The highest BCUT2D eigenvalue weighted by atomic mass is 32.1. The van der Waals surface area contributed by atoms with Crippen LogP contribution in [-0.4, -0.2) is 22.9 Å². The number of thiocarbonyl (C=S) groups is 1. The molecule has 2 N–H and O–H groups in total. The Bertz CT molecular complexity index is 1340. The van der Waals surface area contributed by atoms with Crippen molar-refractivity contribution >= 4 is 39.7 Å². The number of hydrogen-bond acceptors (Lipinski definition) is 2. The number of hydrogen-bond donors (Lipinski definition) is 2. The van der Waals surface area contributed by atoms with E-state index in [0.29, 0.717) is 4.99 Å². The van der Waals surface area contributed by atoms with Crippen LogP contribution in [0.3, 0.4) is 0 Å². The van der Waals surface area contributed by atoms with E-state index in [1.54, 1.807) is 4.90 Å². The number of amides is 1. The third-order valence-corrected chi connectivity index (χ3v) is 6.78. The zero-order chi connectivity index (χ0) is 20.5. The molecule has 3 aromatic carbocycles. The second kappa shape index (κ2) is 6.03. The highest BCUT2D eigenvalue weighted by Crippen LogP contribution is 2.54. The molecule has 4 aromatic rings. The topological polar surface area (TPSA) is 48.1 Å². The summed E-state index contributed by atoms with van der Waals surface area (Å²) in [5, 5.41) is 4.60. The smallest absolute Gasteiger partial charge is 0.258 e. The van der Waals surface area contributed by atoms with Crippen LogP contribution in [0.15, 0.2) is 78.9 Å². The molecule has 0 bridgehead atoms. The van der Waals surface area contributed by atoms with E-state index in [2.05, 4.69) is 34.6 Å². The third kappa shape index (κ3) is 2.05. The van der Waals surface area contributed by atoms with Crippen molar-refractivity contribution in [1.82, 2.24) is 10.3 Å². The number of H-pyrrole nitrogens is 1. The van der Waals surface area contributed by atoms with Gasteiger partial charge in [0.25, 0.3) is 5.91 Å². The number of carbonyl (C=O) groups excluding carboxylic acids is 1. The maximum atomic E-state index is 13.9. The molecule has 0 saturated carbocycles. The van der Waals surface area contributed by atoms with Crippen LogP contribution in [-0.2, 0) is 10.3 Å². The first-order valence-corrected chi connectivity index (χ1v) is 10.4. The zero-order valence-electron chi connectivity index (χ0n) is 16.3. The Kier molecular flexibility index (Phi) is 3.50. The van der Waals surface area contributed by atoms with E-state index in [9.17, 15) is 4.79 Å². The van der Waals surface area contributed by atoms with Gasteiger partial charge in [-0.1, -0.05) is 78.9 Å². The van der Waals surface area contributed by atoms with Gasteiger partial charge in [-0.15, -0.1) is 0 Å². The summed E-state index contributed by atoms with van der Waals surface area (Å²) in [6.45, 7) is 0. The monoisotopic (exact) mass is 409 g/mol. The molecular weight excluding hydrogens is 390 g/mol. The van der Waals surface area contributed by atoms with Crippen molar-refractivity contribution in [3.8, 4) is 0 Å². The quantitative estimate of drug-likeness (QED) is 0.457. The van der Waals surface area contributed by atoms with Crippen LogP contribution in [0.5, 0.6) is 0 Å². The number of nitrogens with zero attached hydrogens (tertiary/aromatic N) is 1. The summed E-state index contributed by atoms with van der Waals surface area (Å²) in [6, 6.07) is 26.5. The summed E-state index contributed by atoms with van der Waals surface area (Å²) in [4.78, 5) is 19.7. The molecule has 0 fully saturated rings. The van der Waals surface area contributed by atoms with Crippen LogP contribution in [0.4, 0.5) is 5.69 Å². The van der Waals surface area contributed by atoms with Gasteiger partial charge in [0, 0.05) is 35.1 Å². The number of para-hydroxylation sites is 2. The van der Waals surface area contributed by atoms with Crippen LogP contribution in [0.25, 0.3) is 10.9 Å². The van der Waals surface area contributed by atoms with Crippen molar-refractivity contribution in [3.05, 3.63) is 101 Å². The Morgan fingerprint density at radius 3 is 2.47 bits per heavy atom. The Morgan fingerprint density at radius 1 is 0.933 bits per heavy atom. The highest BCUT2D eigenvalue weighted by molar-refractivity contribution is 7.80. The van der Waals surface area contributed by atoms with Crippen molar-refractivity contribution in [3.63, 3.8) is 0 Å². The molecule has 2 unspecified atom stereocenters. The van der Waals surface area contributed by atoms with Crippen molar-refractivity contribution in [2.45, 2.75) is 11.5 Å². The number of aromatic amines is 1. The number of nitrogens with one attached hydrogen (secondary N) is 2. The minimum Gasteiger partial charge on any atom is -0.356 e. The largest absolute Gasteiger partial charge is 0.356 e. The van der Waals surface area contributed by atoms with Crippen molar-refractivity contribution in [2.75, 3.05) is 11.9 Å². The number of fused-ring (bicyclic) bond motifs is 5. The standard InChI is InChI=1S/C25H19N3OS/c1-28-19-14-8-6-12-17(19)25(24(28)29)21(15-9-3-2-4-10-15)20-16-11-5-7-13-18(16)26-22(20)23(30)27-25/h2-14,21,26H,1H3,(H,27,30). The predicted octanol–water partition coefficient (Wildman–Crippen LogP) is 4.45. The molecule has 2 aliphatic rings. The molecule has 1 amide bonds. The van der Waals surface area contributed by atoms with Gasteiger partial charge in [-0.05, 0) is 23.3 Å². The van der Waals surface area contributed by atoms with Gasteiger partial charge in [-0.3, -0.25) is 4.79 Å². The predicted molar refractivity (Wildman–Crippen MR) is 123 cm³/mol. The minimum absolute atomic E-state index is 0.0100. The van der Waals surface area contributed by atoms with Gasteiger partial charge in [0.1, 0.15) is 4.99 Å². The van der Waals surface area contributed by atoms with Crippen molar-refractivity contribution < 1.29 is 4.79 Å². The van der Waals surface area contributed by atoms with Crippen LogP contribution < -0.4 is 10.2 Å². The lowest BCUT2D eigenvalue weighted by molar-refractivity contribution is -0.124. The molecule has 3 heterocycles. The van der Waals surface area contributed by atoms with Gasteiger partial charge >= 0.3 is 0 Å². The number of benzene rings is 3. The average molecular weight is 410 g/mol. The van der Waals surface area contributed by atoms with Gasteiger partial charge in [0.05, 0.1) is 5.69 Å². The Morgan fingerprint density at radius 2 is 1.63 bits per heavy atom. The van der Waals surface area contributed by atoms with Crippen molar-refractivity contribution in [2.24, 2.45) is 0 Å². The summed E-state index contributed by atoms with van der Waals surface area (Å²) in [5.41, 5.74) is 4.98. The van der Waals surface area contributed by atoms with E-state index in [4.69, 9.17) is 12.2 Å². The lowest BCUT2D eigenvalue weighted by Crippen LogP contribution is -2.59. The van der Waals surface area contributed by atoms with Gasteiger partial charge in [0.2, 0.25) is 0 Å². The number of aromatic nitrogens is 1. The van der Waals surface area contributed by atoms with Gasteiger partial charge in [-0.2, -0.15) is 0 Å². The minimum atomic E-state index is -0.984. The maximum Gasteiger partial charge on any atom is 0.258 e. The van der Waals surface area contributed by atoms with E-state index in [0.717, 1.165) is 39.0 Å². The molecule has 0 radical (unpaired) electrons. The van der Waals surface area contributed by atoms with Crippen LogP contribution in [0, 0.1) is 0 Å². The van der Waals surface area contributed by atoms with E-state index in [1.165, 1.54) is 0 Å². The lowest BCUT2D eigenvalue weighted by atomic mass is 9.69. The van der Waals surface area contributed by atoms with E-state index >= 15 is 0 Å². The highest BCUT2D eigenvalue weighted by Gasteiger charge is 2.59. The lowest BCUT2D eigenvalue weighted by Gasteiger charge is -2.42. The van der Waals surface area contributed by atoms with E-state index in [1.807, 2.05) is 61.6 Å². The summed E-state index contributed by atoms with van der Waals surface area (Å²) in [7, 11) is 1.84. The first-order valence-electron chi connectivity index (χ1n) is 9.98. The molecule has 0 aliphatic carbocycles. The maximum absolute atomic E-state index is 13.9. The molecule has 2 atom stereocenters. The Balaban J connectivity index is 1.76. The molecule has 1 spiro atoms. The fourth-order valence-electron chi connectivity index (χ4n) is 5.22. The second-order valence-electron chi connectivity index (χ2n) is 7.95. The molecule has 5 heteroatoms. The fraction of sp³-hybridized carbons (Fsp3) is 0.120. The summed E-state index contributed by atoms with van der Waals surface area (Å²) in [5.74, 6) is -0.217. The van der Waals surface area contributed by atoms with Crippen LogP contribution in [0.1, 0.15) is 28.3 Å². The average Bonchev–Trinajstić information content (AvgIpc) is 3.26. The second-order valence-corrected chi connectivity index (χ2v) is 8.35.